The molecule has 0 fully saturated rings. The SMILES string of the molecule is CCCCCCCCCCCCCCCCN1C=CN(CCP(=O)(OCC)OCC)C1. The first kappa shape index (κ1) is 28.5. The van der Waals surface area contributed by atoms with Gasteiger partial charge in [-0.2, -0.15) is 0 Å². The lowest BCUT2D eigenvalue weighted by molar-refractivity contribution is 0.213. The zero-order chi connectivity index (χ0) is 22.6. The third-order valence-electron chi connectivity index (χ3n) is 5.96. The van der Waals surface area contributed by atoms with E-state index in [1.807, 2.05) is 13.8 Å². The van der Waals surface area contributed by atoms with Crippen LogP contribution < -0.4 is 0 Å². The van der Waals surface area contributed by atoms with Crippen LogP contribution in [0.2, 0.25) is 0 Å². The molecular formula is C25H51N2O3P. The van der Waals surface area contributed by atoms with Gasteiger partial charge >= 0.3 is 7.60 Å². The Morgan fingerprint density at radius 2 is 1.06 bits per heavy atom. The second-order valence-corrected chi connectivity index (χ2v) is 11.0. The minimum absolute atomic E-state index is 0.429. The summed E-state index contributed by atoms with van der Waals surface area (Å²) in [6, 6.07) is 0. The molecule has 1 rings (SSSR count). The van der Waals surface area contributed by atoms with Crippen LogP contribution in [0.5, 0.6) is 0 Å². The number of hydrogen-bond acceptors (Lipinski definition) is 5. The summed E-state index contributed by atoms with van der Waals surface area (Å²) in [6.45, 7) is 9.57. The highest BCUT2D eigenvalue weighted by Crippen LogP contribution is 2.47. The average Bonchev–Trinajstić information content (AvgIpc) is 3.21. The van der Waals surface area contributed by atoms with E-state index in [9.17, 15) is 4.57 Å². The fourth-order valence-corrected chi connectivity index (χ4v) is 5.75. The van der Waals surface area contributed by atoms with Gasteiger partial charge < -0.3 is 18.8 Å². The van der Waals surface area contributed by atoms with Gasteiger partial charge in [-0.25, -0.2) is 0 Å². The maximum atomic E-state index is 12.6. The zero-order valence-electron chi connectivity index (χ0n) is 20.9. The maximum Gasteiger partial charge on any atom is 0.332 e. The molecule has 0 unspecified atom stereocenters. The van der Waals surface area contributed by atoms with Crippen molar-refractivity contribution in [2.45, 2.75) is 111 Å². The van der Waals surface area contributed by atoms with E-state index < -0.39 is 7.60 Å². The van der Waals surface area contributed by atoms with Crippen molar-refractivity contribution in [1.82, 2.24) is 9.80 Å². The van der Waals surface area contributed by atoms with Crippen molar-refractivity contribution >= 4 is 7.60 Å². The highest BCUT2D eigenvalue weighted by Gasteiger charge is 2.25. The Hall–Kier alpha value is -0.510. The molecular weight excluding hydrogens is 407 g/mol. The van der Waals surface area contributed by atoms with Crippen molar-refractivity contribution in [2.75, 3.05) is 39.1 Å². The summed E-state index contributed by atoms with van der Waals surface area (Å²) < 4.78 is 23.3. The molecule has 1 aliphatic heterocycles. The smallest absolute Gasteiger partial charge is 0.332 e. The fraction of sp³-hybridized carbons (Fsp3) is 0.920. The summed E-state index contributed by atoms with van der Waals surface area (Å²) in [6.07, 6.45) is 24.3. The minimum Gasteiger partial charge on any atom is -0.359 e. The lowest BCUT2D eigenvalue weighted by Crippen LogP contribution is -2.28. The Kier molecular flexibility index (Phi) is 17.5. The fourth-order valence-electron chi connectivity index (χ4n) is 4.13. The van der Waals surface area contributed by atoms with E-state index in [-0.39, 0.29) is 0 Å². The third kappa shape index (κ3) is 15.0. The monoisotopic (exact) mass is 458 g/mol. The van der Waals surface area contributed by atoms with Gasteiger partial charge in [0.2, 0.25) is 0 Å². The van der Waals surface area contributed by atoms with Crippen LogP contribution >= 0.6 is 7.60 Å². The number of hydrogen-bond donors (Lipinski definition) is 0. The molecule has 0 saturated heterocycles. The van der Waals surface area contributed by atoms with Crippen molar-refractivity contribution in [2.24, 2.45) is 0 Å². The van der Waals surface area contributed by atoms with Gasteiger partial charge in [0.05, 0.1) is 26.0 Å². The van der Waals surface area contributed by atoms with Crippen LogP contribution in [0.25, 0.3) is 0 Å². The standard InChI is InChI=1S/C25H51N2O3P/c1-4-7-8-9-10-11-12-13-14-15-16-17-18-19-20-26-21-22-27(25-26)23-24-31(28,29-5-2)30-6-3/h21-22H,4-20,23-25H2,1-3H3. The topological polar surface area (TPSA) is 42.0 Å². The molecule has 0 saturated carbocycles. The molecule has 0 aliphatic carbocycles. The Bertz CT molecular complexity index is 477. The lowest BCUT2D eigenvalue weighted by atomic mass is 10.0. The third-order valence-corrected chi connectivity index (χ3v) is 8.01. The van der Waals surface area contributed by atoms with Crippen molar-refractivity contribution in [1.29, 1.82) is 0 Å². The molecule has 31 heavy (non-hydrogen) atoms. The molecule has 0 bridgehead atoms. The number of unbranched alkanes of at least 4 members (excludes halogenated alkanes) is 13. The van der Waals surface area contributed by atoms with Gasteiger partial charge in [-0.1, -0.05) is 90.4 Å². The van der Waals surface area contributed by atoms with E-state index in [4.69, 9.17) is 9.05 Å². The predicted molar refractivity (Wildman–Crippen MR) is 133 cm³/mol. The lowest BCUT2D eigenvalue weighted by Gasteiger charge is -2.23. The summed E-state index contributed by atoms with van der Waals surface area (Å²) in [5.41, 5.74) is 0. The first-order chi connectivity index (χ1) is 15.1. The van der Waals surface area contributed by atoms with Gasteiger partial charge in [-0.05, 0) is 20.3 Å². The quantitative estimate of drug-likeness (QED) is 0.122. The molecule has 0 atom stereocenters. The van der Waals surface area contributed by atoms with Crippen LogP contribution in [-0.2, 0) is 13.6 Å². The van der Waals surface area contributed by atoms with Crippen molar-refractivity contribution < 1.29 is 13.6 Å². The summed E-state index contributed by atoms with van der Waals surface area (Å²) in [5.74, 6) is 0. The van der Waals surface area contributed by atoms with Gasteiger partial charge in [-0.3, -0.25) is 4.57 Å². The highest BCUT2D eigenvalue weighted by atomic mass is 31.2. The minimum atomic E-state index is -2.94. The predicted octanol–water partition coefficient (Wildman–Crippen LogP) is 7.78. The molecule has 5 nitrogen and oxygen atoms in total. The van der Waals surface area contributed by atoms with Gasteiger partial charge in [0, 0.05) is 25.5 Å². The molecule has 184 valence electrons. The Balaban J connectivity index is 1.92. The Morgan fingerprint density at radius 3 is 1.52 bits per heavy atom. The van der Waals surface area contributed by atoms with E-state index in [1.54, 1.807) is 0 Å². The molecule has 1 heterocycles. The molecule has 0 radical (unpaired) electrons. The van der Waals surface area contributed by atoms with Crippen LogP contribution in [0.4, 0.5) is 0 Å². The molecule has 6 heteroatoms. The largest absolute Gasteiger partial charge is 0.359 e. The van der Waals surface area contributed by atoms with Gasteiger partial charge in [0.1, 0.15) is 0 Å². The van der Waals surface area contributed by atoms with Crippen LogP contribution in [0.15, 0.2) is 12.4 Å². The highest BCUT2D eigenvalue weighted by molar-refractivity contribution is 7.53. The van der Waals surface area contributed by atoms with E-state index in [2.05, 4.69) is 29.1 Å². The van der Waals surface area contributed by atoms with E-state index in [0.29, 0.717) is 25.9 Å². The first-order valence-electron chi connectivity index (χ1n) is 13.2. The van der Waals surface area contributed by atoms with Crippen LogP contribution in [0.1, 0.15) is 111 Å². The van der Waals surface area contributed by atoms with Crippen molar-refractivity contribution in [3.63, 3.8) is 0 Å². The molecule has 0 N–H and O–H groups in total. The molecule has 1 aliphatic rings. The second-order valence-electron chi connectivity index (χ2n) is 8.83. The first-order valence-corrected chi connectivity index (χ1v) is 14.9. The number of nitrogens with zero attached hydrogens (tertiary/aromatic N) is 2. The van der Waals surface area contributed by atoms with E-state index in [0.717, 1.165) is 13.2 Å². The molecule has 0 aromatic carbocycles. The Morgan fingerprint density at radius 1 is 0.645 bits per heavy atom. The summed E-state index contributed by atoms with van der Waals surface area (Å²) in [5, 5.41) is 0. The second kappa shape index (κ2) is 19.0. The molecule has 0 aromatic heterocycles. The maximum absolute atomic E-state index is 12.6. The zero-order valence-corrected chi connectivity index (χ0v) is 21.8. The molecule has 0 amide bonds. The Labute approximate surface area is 193 Å². The van der Waals surface area contributed by atoms with Crippen molar-refractivity contribution in [3.05, 3.63) is 12.4 Å². The summed E-state index contributed by atoms with van der Waals surface area (Å²) in [4.78, 5) is 4.56. The summed E-state index contributed by atoms with van der Waals surface area (Å²) >= 11 is 0. The molecule has 0 spiro atoms. The molecule has 0 aromatic rings. The van der Waals surface area contributed by atoms with Crippen LogP contribution in [0, 0.1) is 0 Å². The van der Waals surface area contributed by atoms with Crippen LogP contribution in [-0.4, -0.2) is 48.9 Å². The van der Waals surface area contributed by atoms with Gasteiger partial charge in [0.15, 0.2) is 0 Å². The van der Waals surface area contributed by atoms with Crippen molar-refractivity contribution in [3.8, 4) is 0 Å². The van der Waals surface area contributed by atoms with Gasteiger partial charge in [-0.15, -0.1) is 0 Å². The van der Waals surface area contributed by atoms with Gasteiger partial charge in [0.25, 0.3) is 0 Å². The number of rotatable bonds is 22. The summed E-state index contributed by atoms with van der Waals surface area (Å²) in [7, 11) is -2.94. The normalized spacial score (nSPS) is 14.2. The average molecular weight is 459 g/mol. The van der Waals surface area contributed by atoms with E-state index >= 15 is 0 Å². The van der Waals surface area contributed by atoms with E-state index in [1.165, 1.54) is 89.9 Å². The van der Waals surface area contributed by atoms with Crippen LogP contribution in [0.3, 0.4) is 0 Å².